The lowest BCUT2D eigenvalue weighted by molar-refractivity contribution is -0.138. The van der Waals surface area contributed by atoms with E-state index >= 15 is 0 Å². The van der Waals surface area contributed by atoms with Crippen molar-refractivity contribution in [1.29, 1.82) is 0 Å². The Bertz CT molecular complexity index is 810. The number of carbonyl (C=O) groups is 1. The molecule has 0 aliphatic carbocycles. The third kappa shape index (κ3) is 4.58. The Morgan fingerprint density at radius 1 is 1.40 bits per heavy atom. The summed E-state index contributed by atoms with van der Waals surface area (Å²) in [6.45, 7) is 1.82. The summed E-state index contributed by atoms with van der Waals surface area (Å²) in [7, 11) is -1.17. The molecule has 1 amide bonds. The van der Waals surface area contributed by atoms with Crippen LogP contribution in [-0.2, 0) is 22.0 Å². The van der Waals surface area contributed by atoms with E-state index in [4.69, 9.17) is 9.94 Å². The van der Waals surface area contributed by atoms with Crippen molar-refractivity contribution in [2.24, 2.45) is 5.41 Å². The van der Waals surface area contributed by atoms with Gasteiger partial charge in [-0.05, 0) is 19.4 Å². The Hall–Kier alpha value is -2.39. The monoisotopic (exact) mass is 367 g/mol. The summed E-state index contributed by atoms with van der Waals surface area (Å²) in [5.74, 6) is -0.367. The minimum Gasteiger partial charge on any atom is -0.496 e. The van der Waals surface area contributed by atoms with Crippen molar-refractivity contribution in [3.63, 3.8) is 0 Å². The van der Waals surface area contributed by atoms with Gasteiger partial charge in [-0.2, -0.15) is 5.10 Å². The molecule has 0 spiro atoms. The highest BCUT2D eigenvalue weighted by molar-refractivity contribution is 7.72. The van der Waals surface area contributed by atoms with Crippen LogP contribution in [0.1, 0.15) is 13.3 Å². The van der Waals surface area contributed by atoms with Gasteiger partial charge >= 0.3 is 0 Å². The summed E-state index contributed by atoms with van der Waals surface area (Å²) >= 11 is 0. The molecule has 2 aromatic rings. The van der Waals surface area contributed by atoms with Crippen LogP contribution >= 0.6 is 0 Å². The number of hydrogen-bond donors (Lipinski definition) is 3. The molecular formula is C16H21N3O5S. The zero-order valence-electron chi connectivity index (χ0n) is 14.0. The lowest BCUT2D eigenvalue weighted by atomic mass is 9.88. The van der Waals surface area contributed by atoms with E-state index in [-0.39, 0.29) is 12.2 Å². The van der Waals surface area contributed by atoms with Gasteiger partial charge < -0.3 is 4.74 Å². The third-order valence-corrected chi connectivity index (χ3v) is 5.03. The number of methoxy groups -OCH3 is 1. The lowest BCUT2D eigenvalue weighted by Crippen LogP contribution is -2.41. The molecule has 0 aliphatic rings. The summed E-state index contributed by atoms with van der Waals surface area (Å²) in [4.78, 5) is 11.8. The summed E-state index contributed by atoms with van der Waals surface area (Å²) in [5, 5.41) is 13.1. The first-order valence-corrected chi connectivity index (χ1v) is 8.98. The Morgan fingerprint density at radius 2 is 2.12 bits per heavy atom. The maximum atomic E-state index is 11.8. The summed E-state index contributed by atoms with van der Waals surface area (Å²) in [6, 6.07) is 7.52. The first-order valence-electron chi connectivity index (χ1n) is 7.62. The highest BCUT2D eigenvalue weighted by Gasteiger charge is 2.34. The molecule has 1 heterocycles. The average molecular weight is 367 g/mol. The van der Waals surface area contributed by atoms with Gasteiger partial charge in [0.25, 0.3) is 0 Å². The Balaban J connectivity index is 2.16. The molecule has 2 rings (SSSR count). The Kier molecular flexibility index (Phi) is 6.16. The molecule has 2 N–H and O–H groups in total. The van der Waals surface area contributed by atoms with Gasteiger partial charge in [0, 0.05) is 23.9 Å². The number of aryl methyl sites for hydroxylation is 1. The maximum Gasteiger partial charge on any atom is 0.250 e. The van der Waals surface area contributed by atoms with Crippen LogP contribution in [0.4, 0.5) is 0 Å². The number of carbonyl (C=O) groups excluding carboxylic acids is 1. The van der Waals surface area contributed by atoms with Crippen molar-refractivity contribution < 1.29 is 23.2 Å². The number of nitrogens with zero attached hydrogens (tertiary/aromatic N) is 2. The smallest absolute Gasteiger partial charge is 0.250 e. The zero-order valence-corrected chi connectivity index (χ0v) is 14.9. The summed E-state index contributed by atoms with van der Waals surface area (Å²) in [6.07, 6.45) is 3.68. The van der Waals surface area contributed by atoms with Gasteiger partial charge in [0.15, 0.2) is 0 Å². The first kappa shape index (κ1) is 18.9. The molecule has 0 radical (unpaired) electrons. The van der Waals surface area contributed by atoms with Gasteiger partial charge in [-0.25, -0.2) is 13.9 Å². The number of amides is 1. The molecule has 9 heteroatoms. The van der Waals surface area contributed by atoms with Gasteiger partial charge in [-0.15, -0.1) is 0 Å². The van der Waals surface area contributed by atoms with Crippen molar-refractivity contribution in [2.45, 2.75) is 19.9 Å². The van der Waals surface area contributed by atoms with Crippen LogP contribution in [-0.4, -0.2) is 42.2 Å². The molecule has 1 unspecified atom stereocenters. The molecule has 1 atom stereocenters. The fraction of sp³-hybridized carbons (Fsp3) is 0.375. The number of benzene rings is 1. The van der Waals surface area contributed by atoms with Gasteiger partial charge in [0.1, 0.15) is 16.5 Å². The second kappa shape index (κ2) is 8.13. The predicted octanol–water partition coefficient (Wildman–Crippen LogP) is 1.07. The van der Waals surface area contributed by atoms with E-state index in [1.807, 2.05) is 24.3 Å². The largest absolute Gasteiger partial charge is 0.496 e. The van der Waals surface area contributed by atoms with Gasteiger partial charge in [-0.3, -0.25) is 14.7 Å². The van der Waals surface area contributed by atoms with E-state index in [1.54, 1.807) is 29.7 Å². The van der Waals surface area contributed by atoms with Crippen molar-refractivity contribution in [3.05, 3.63) is 36.7 Å². The lowest BCUT2D eigenvalue weighted by Gasteiger charge is -2.24. The number of para-hydroxylation sites is 1. The molecule has 0 fully saturated rings. The third-order valence-electron chi connectivity index (χ3n) is 4.07. The van der Waals surface area contributed by atoms with E-state index in [1.165, 1.54) is 6.92 Å². The number of hydrogen-bond acceptors (Lipinski definition) is 6. The van der Waals surface area contributed by atoms with Crippen LogP contribution in [0.5, 0.6) is 5.75 Å². The molecule has 0 aliphatic heterocycles. The molecule has 0 saturated heterocycles. The number of aromatic nitrogens is 2. The quantitative estimate of drug-likeness (QED) is 0.366. The standard InChI is InChI=1S/C16H21N3O5S/c1-16(11-25(22)23,15(20)18-21)7-8-19-10-12(9-17-19)13-5-3-4-6-14(13)24-2/h3-6,9-10,21,25H,7-8,11H2,1-2H3,(H,18,20). The Labute approximate surface area is 147 Å². The molecule has 25 heavy (non-hydrogen) atoms. The SMILES string of the molecule is COc1ccccc1-c1cnn(CCC(C)(C[SH](=O)=O)C(=O)NO)c1. The number of rotatable bonds is 8. The molecule has 0 saturated carbocycles. The van der Waals surface area contributed by atoms with Gasteiger partial charge in [-0.1, -0.05) is 18.2 Å². The second-order valence-corrected chi connectivity index (χ2v) is 6.92. The molecule has 1 aromatic heterocycles. The van der Waals surface area contributed by atoms with E-state index in [9.17, 15) is 13.2 Å². The fourth-order valence-corrected chi connectivity index (χ4v) is 3.43. The van der Waals surface area contributed by atoms with Crippen LogP contribution in [0.3, 0.4) is 0 Å². The number of nitrogens with one attached hydrogen (secondary N) is 1. The predicted molar refractivity (Wildman–Crippen MR) is 92.1 cm³/mol. The number of ether oxygens (including phenoxy) is 1. The van der Waals surface area contributed by atoms with Gasteiger partial charge in [0.2, 0.25) is 5.91 Å². The molecule has 0 bridgehead atoms. The number of thiol groups is 1. The van der Waals surface area contributed by atoms with Crippen LogP contribution in [0, 0.1) is 5.41 Å². The van der Waals surface area contributed by atoms with E-state index in [0.29, 0.717) is 6.54 Å². The first-order chi connectivity index (χ1) is 11.9. The van der Waals surface area contributed by atoms with E-state index in [0.717, 1.165) is 16.9 Å². The molecule has 8 nitrogen and oxygen atoms in total. The fourth-order valence-electron chi connectivity index (χ4n) is 2.55. The van der Waals surface area contributed by atoms with Crippen LogP contribution in [0.25, 0.3) is 11.1 Å². The van der Waals surface area contributed by atoms with Crippen LogP contribution in [0.15, 0.2) is 36.7 Å². The van der Waals surface area contributed by atoms with Gasteiger partial charge in [0.05, 0.1) is 24.5 Å². The maximum absolute atomic E-state index is 11.8. The highest BCUT2D eigenvalue weighted by Crippen LogP contribution is 2.29. The molecular weight excluding hydrogens is 346 g/mol. The number of hydroxylamine groups is 1. The van der Waals surface area contributed by atoms with E-state index < -0.39 is 22.0 Å². The minimum atomic E-state index is -2.76. The van der Waals surface area contributed by atoms with Crippen molar-refractivity contribution in [1.82, 2.24) is 15.3 Å². The summed E-state index contributed by atoms with van der Waals surface area (Å²) in [5.41, 5.74) is 2.04. The van der Waals surface area contributed by atoms with Crippen molar-refractivity contribution in [3.8, 4) is 16.9 Å². The normalized spacial score (nSPS) is 13.4. The summed E-state index contributed by atoms with van der Waals surface area (Å²) < 4.78 is 29.0. The average Bonchev–Trinajstić information content (AvgIpc) is 3.07. The minimum absolute atomic E-state index is 0.204. The van der Waals surface area contributed by atoms with Crippen LogP contribution in [0.2, 0.25) is 0 Å². The highest BCUT2D eigenvalue weighted by atomic mass is 32.2. The second-order valence-electron chi connectivity index (χ2n) is 5.93. The van der Waals surface area contributed by atoms with Crippen LogP contribution < -0.4 is 10.2 Å². The van der Waals surface area contributed by atoms with Crippen molar-refractivity contribution in [2.75, 3.05) is 12.9 Å². The molecule has 136 valence electrons. The zero-order chi connectivity index (χ0) is 18.4. The van der Waals surface area contributed by atoms with E-state index in [2.05, 4.69) is 5.10 Å². The Morgan fingerprint density at radius 3 is 2.76 bits per heavy atom. The topological polar surface area (TPSA) is 111 Å². The molecule has 1 aromatic carbocycles. The van der Waals surface area contributed by atoms with Crippen molar-refractivity contribution >= 4 is 16.6 Å².